The van der Waals surface area contributed by atoms with Gasteiger partial charge in [0.1, 0.15) is 11.6 Å². The van der Waals surface area contributed by atoms with Crippen molar-refractivity contribution >= 4 is 27.6 Å². The molecule has 0 fully saturated rings. The van der Waals surface area contributed by atoms with Gasteiger partial charge in [0.2, 0.25) is 10.0 Å². The van der Waals surface area contributed by atoms with Crippen molar-refractivity contribution in [1.29, 1.82) is 0 Å². The lowest BCUT2D eigenvalue weighted by Gasteiger charge is -2.32. The summed E-state index contributed by atoms with van der Waals surface area (Å²) in [7, 11) is -4.58. The Kier molecular flexibility index (Phi) is 6.69. The fraction of sp³-hybridized carbons (Fsp3) is 0.167. The summed E-state index contributed by atoms with van der Waals surface area (Å²) in [5.74, 6) is -5.18. The molecule has 0 saturated carbocycles. The Morgan fingerprint density at radius 1 is 0.973 bits per heavy atom. The molecule has 1 heterocycles. The van der Waals surface area contributed by atoms with Crippen molar-refractivity contribution in [1.82, 2.24) is 4.31 Å². The van der Waals surface area contributed by atoms with Gasteiger partial charge in [-0.25, -0.2) is 12.8 Å². The zero-order valence-electron chi connectivity index (χ0n) is 18.6. The highest BCUT2D eigenvalue weighted by Gasteiger charge is 2.42. The maximum atomic E-state index is 14.6. The molecule has 3 aromatic carbocycles. The minimum Gasteiger partial charge on any atom is -0.548 e. The highest BCUT2D eigenvalue weighted by molar-refractivity contribution is 7.89. The monoisotopic (exact) mass is 537 g/mol. The first-order valence-corrected chi connectivity index (χ1v) is 12.0. The number of rotatable bonds is 4. The van der Waals surface area contributed by atoms with Gasteiger partial charge in [0.05, 0.1) is 28.0 Å². The number of carboxylic acids is 1. The molecule has 194 valence electrons. The number of carbonyl (C=O) groups is 2. The molecule has 1 atom stereocenters. The van der Waals surface area contributed by atoms with Crippen molar-refractivity contribution in [3.63, 3.8) is 0 Å². The predicted molar refractivity (Wildman–Crippen MR) is 119 cm³/mol. The number of nitrogens with zero attached hydrogens (tertiary/aromatic N) is 2. The average Bonchev–Trinajstić information content (AvgIpc) is 3.01. The van der Waals surface area contributed by atoms with E-state index in [0.717, 1.165) is 30.3 Å². The number of sulfonamides is 1. The quantitative estimate of drug-likeness (QED) is 0.511. The number of aromatic hydroxyl groups is 1. The molecule has 1 unspecified atom stereocenters. The first-order valence-electron chi connectivity index (χ1n) is 10.6. The molecule has 0 radical (unpaired) electrons. The number of phenols is 1. The van der Waals surface area contributed by atoms with Gasteiger partial charge in [-0.15, -0.1) is 0 Å². The average molecular weight is 537 g/mol. The van der Waals surface area contributed by atoms with Crippen LogP contribution in [0.1, 0.15) is 21.5 Å². The summed E-state index contributed by atoms with van der Waals surface area (Å²) in [4.78, 5) is 25.8. The van der Waals surface area contributed by atoms with Crippen molar-refractivity contribution in [2.45, 2.75) is 23.7 Å². The zero-order chi connectivity index (χ0) is 27.1. The largest absolute Gasteiger partial charge is 0.548 e. The molecule has 13 heteroatoms. The third-order valence-electron chi connectivity index (χ3n) is 5.81. The number of aliphatic carboxylic acids is 1. The van der Waals surface area contributed by atoms with Gasteiger partial charge >= 0.3 is 6.18 Å². The lowest BCUT2D eigenvalue weighted by molar-refractivity contribution is -0.310. The normalized spacial score (nSPS) is 16.6. The van der Waals surface area contributed by atoms with E-state index in [-0.39, 0.29) is 21.9 Å². The molecule has 0 bridgehead atoms. The van der Waals surface area contributed by atoms with Gasteiger partial charge in [0.15, 0.2) is 0 Å². The summed E-state index contributed by atoms with van der Waals surface area (Å²) in [5, 5.41) is 21.6. The minimum atomic E-state index is -5.11. The van der Waals surface area contributed by atoms with E-state index >= 15 is 0 Å². The smallest absolute Gasteiger partial charge is 0.417 e. The standard InChI is InChI=1S/C24H18F4N2O6S/c25-18-6-3-5-17(24(26,27)28)21(18)22(32)29-13-20(23(33)34)30(12-14-4-1-2-7-19(14)29)37(35,36)16-10-8-15(31)9-11-16/h1-11,20,31H,12-13H2,(H,33,34)/p-1. The summed E-state index contributed by atoms with van der Waals surface area (Å²) in [6, 6.07) is 9.60. The molecule has 37 heavy (non-hydrogen) atoms. The van der Waals surface area contributed by atoms with Gasteiger partial charge in [-0.3, -0.25) is 4.79 Å². The van der Waals surface area contributed by atoms with Gasteiger partial charge in [-0.1, -0.05) is 24.3 Å². The Hall–Kier alpha value is -3.97. The number of carboxylic acid groups (broad SMARTS) is 1. The second-order valence-electron chi connectivity index (χ2n) is 8.08. The van der Waals surface area contributed by atoms with Gasteiger partial charge in [0, 0.05) is 18.8 Å². The molecule has 0 aromatic heterocycles. The molecule has 3 aromatic rings. The number of carbonyl (C=O) groups excluding carboxylic acids is 2. The van der Waals surface area contributed by atoms with Gasteiger partial charge in [-0.2, -0.15) is 17.5 Å². The zero-order valence-corrected chi connectivity index (χ0v) is 19.5. The fourth-order valence-electron chi connectivity index (χ4n) is 4.05. The first kappa shape index (κ1) is 26.1. The first-order chi connectivity index (χ1) is 17.3. The summed E-state index contributed by atoms with van der Waals surface area (Å²) in [6.45, 7) is -1.56. The van der Waals surface area contributed by atoms with Crippen LogP contribution in [0.2, 0.25) is 0 Å². The lowest BCUT2D eigenvalue weighted by atomic mass is 10.0. The highest BCUT2D eigenvalue weighted by atomic mass is 32.2. The fourth-order valence-corrected chi connectivity index (χ4v) is 5.60. The molecule has 0 saturated heterocycles. The number of benzene rings is 3. The number of alkyl halides is 3. The van der Waals surface area contributed by atoms with Crippen LogP contribution < -0.4 is 10.0 Å². The molecule has 4 rings (SSSR count). The summed E-state index contributed by atoms with van der Waals surface area (Å²) in [5.41, 5.74) is -2.93. The molecule has 1 aliphatic heterocycles. The highest BCUT2D eigenvalue weighted by Crippen LogP contribution is 2.37. The van der Waals surface area contributed by atoms with Crippen molar-refractivity contribution < 1.29 is 45.8 Å². The van der Waals surface area contributed by atoms with Crippen molar-refractivity contribution in [2.75, 3.05) is 11.4 Å². The van der Waals surface area contributed by atoms with E-state index < -0.39 is 64.2 Å². The Morgan fingerprint density at radius 3 is 2.24 bits per heavy atom. The molecule has 8 nitrogen and oxygen atoms in total. The topological polar surface area (TPSA) is 118 Å². The number of para-hydroxylation sites is 1. The maximum absolute atomic E-state index is 14.6. The Bertz CT molecular complexity index is 1480. The van der Waals surface area contributed by atoms with Crippen LogP contribution in [0.15, 0.2) is 71.6 Å². The van der Waals surface area contributed by atoms with Crippen LogP contribution in [-0.2, 0) is 27.5 Å². The molecular weight excluding hydrogens is 520 g/mol. The van der Waals surface area contributed by atoms with Crippen LogP contribution in [0.4, 0.5) is 23.2 Å². The number of hydrogen-bond acceptors (Lipinski definition) is 6. The van der Waals surface area contributed by atoms with Crippen molar-refractivity contribution in [3.05, 3.63) is 89.2 Å². The summed E-state index contributed by atoms with van der Waals surface area (Å²) in [6.07, 6.45) is -5.11. The van der Waals surface area contributed by atoms with Crippen LogP contribution in [0.5, 0.6) is 5.75 Å². The predicted octanol–water partition coefficient (Wildman–Crippen LogP) is 2.52. The van der Waals surface area contributed by atoms with Crippen LogP contribution in [-0.4, -0.2) is 42.3 Å². The minimum absolute atomic E-state index is 0.0758. The van der Waals surface area contributed by atoms with Crippen molar-refractivity contribution in [3.8, 4) is 5.75 Å². The van der Waals surface area contributed by atoms with Crippen LogP contribution in [0.25, 0.3) is 0 Å². The number of hydrogen-bond donors (Lipinski definition) is 1. The van der Waals surface area contributed by atoms with E-state index in [0.29, 0.717) is 21.3 Å². The van der Waals surface area contributed by atoms with Gasteiger partial charge < -0.3 is 19.9 Å². The molecule has 1 aliphatic rings. The van der Waals surface area contributed by atoms with Gasteiger partial charge in [0.25, 0.3) is 5.91 Å². The lowest BCUT2D eigenvalue weighted by Crippen LogP contribution is -2.55. The second-order valence-corrected chi connectivity index (χ2v) is 9.97. The maximum Gasteiger partial charge on any atom is 0.417 e. The van der Waals surface area contributed by atoms with E-state index in [2.05, 4.69) is 0 Å². The molecule has 1 N–H and O–H groups in total. The Balaban J connectivity index is 1.88. The van der Waals surface area contributed by atoms with E-state index in [4.69, 9.17) is 0 Å². The number of amides is 1. The third-order valence-corrected chi connectivity index (χ3v) is 7.67. The van der Waals surface area contributed by atoms with E-state index in [9.17, 15) is 45.8 Å². The molecule has 1 amide bonds. The van der Waals surface area contributed by atoms with Crippen molar-refractivity contribution in [2.24, 2.45) is 0 Å². The number of halogens is 4. The third kappa shape index (κ3) is 4.87. The van der Waals surface area contributed by atoms with Gasteiger partial charge in [-0.05, 0) is 48.0 Å². The molecule has 0 spiro atoms. The van der Waals surface area contributed by atoms with Crippen LogP contribution >= 0.6 is 0 Å². The molecular formula is C24H17F4N2O6S-. The van der Waals surface area contributed by atoms with E-state index in [1.807, 2.05) is 0 Å². The molecule has 0 aliphatic carbocycles. The number of phenolic OH excluding ortho intramolecular Hbond substituents is 1. The Morgan fingerprint density at radius 2 is 1.62 bits per heavy atom. The van der Waals surface area contributed by atoms with Crippen LogP contribution in [0, 0.1) is 5.82 Å². The second kappa shape index (κ2) is 9.48. The summed E-state index contributed by atoms with van der Waals surface area (Å²) >= 11 is 0. The van der Waals surface area contributed by atoms with E-state index in [1.54, 1.807) is 0 Å². The Labute approximate surface area is 208 Å². The number of anilines is 1. The van der Waals surface area contributed by atoms with E-state index in [1.165, 1.54) is 24.3 Å². The van der Waals surface area contributed by atoms with Crippen LogP contribution in [0.3, 0.4) is 0 Å². The number of fused-ring (bicyclic) bond motifs is 1. The summed E-state index contributed by atoms with van der Waals surface area (Å²) < 4.78 is 82.9. The SMILES string of the molecule is O=C([O-])C1CN(C(=O)c2c(F)cccc2C(F)(F)F)c2ccccc2CN1S(=O)(=O)c1ccc(O)cc1.